The summed E-state index contributed by atoms with van der Waals surface area (Å²) in [6.07, 6.45) is 4.61. The predicted molar refractivity (Wildman–Crippen MR) is 80.7 cm³/mol. The van der Waals surface area contributed by atoms with E-state index < -0.39 is 0 Å². The van der Waals surface area contributed by atoms with Gasteiger partial charge in [0, 0.05) is 36.2 Å². The zero-order valence-electron chi connectivity index (χ0n) is 11.5. The second-order valence-electron chi connectivity index (χ2n) is 4.88. The van der Waals surface area contributed by atoms with Crippen LogP contribution < -0.4 is 10.1 Å². The molecule has 0 amide bonds. The van der Waals surface area contributed by atoms with Crippen molar-refractivity contribution in [3.63, 3.8) is 0 Å². The molecular weight excluding hydrogens is 306 g/mol. The molecule has 2 rings (SSSR count). The maximum absolute atomic E-state index is 5.69. The Morgan fingerprint density at radius 1 is 1.37 bits per heavy atom. The molecule has 0 aromatic heterocycles. The minimum Gasteiger partial charge on any atom is -0.493 e. The number of nitrogens with one attached hydrogen (secondary N) is 1. The number of methoxy groups -OCH3 is 1. The number of ether oxygens (including phenoxy) is 2. The molecule has 1 atom stereocenters. The molecule has 0 aliphatic carbocycles. The van der Waals surface area contributed by atoms with Gasteiger partial charge in [-0.25, -0.2) is 0 Å². The highest BCUT2D eigenvalue weighted by molar-refractivity contribution is 9.10. The summed E-state index contributed by atoms with van der Waals surface area (Å²) in [5.74, 6) is 1.02. The van der Waals surface area contributed by atoms with Crippen LogP contribution in [0.1, 0.15) is 37.3 Å². The number of unbranched alkanes of at least 4 members (excludes halogenated alkanes) is 2. The van der Waals surface area contributed by atoms with Crippen LogP contribution >= 0.6 is 15.9 Å². The molecule has 0 saturated carbocycles. The van der Waals surface area contributed by atoms with E-state index >= 15 is 0 Å². The van der Waals surface area contributed by atoms with Crippen LogP contribution in [-0.2, 0) is 4.74 Å². The van der Waals surface area contributed by atoms with Crippen LogP contribution in [0.25, 0.3) is 0 Å². The molecule has 3 nitrogen and oxygen atoms in total. The molecule has 1 unspecified atom stereocenters. The fourth-order valence-electron chi connectivity index (χ4n) is 2.40. The SMILES string of the molecule is COCCCCCNC1CCOc2ccc(Br)cc21. The van der Waals surface area contributed by atoms with Crippen molar-refractivity contribution < 1.29 is 9.47 Å². The van der Waals surface area contributed by atoms with E-state index in [1.54, 1.807) is 7.11 Å². The quantitative estimate of drug-likeness (QED) is 0.775. The average Bonchev–Trinajstić information content (AvgIpc) is 2.43. The van der Waals surface area contributed by atoms with Crippen LogP contribution in [0.2, 0.25) is 0 Å². The minimum absolute atomic E-state index is 0.420. The Morgan fingerprint density at radius 2 is 2.26 bits per heavy atom. The largest absolute Gasteiger partial charge is 0.493 e. The molecule has 1 aliphatic heterocycles. The third-order valence-electron chi connectivity index (χ3n) is 3.43. The van der Waals surface area contributed by atoms with Crippen LogP contribution in [0.3, 0.4) is 0 Å². The highest BCUT2D eigenvalue weighted by Gasteiger charge is 2.20. The first-order valence-electron chi connectivity index (χ1n) is 6.96. The van der Waals surface area contributed by atoms with Gasteiger partial charge in [-0.15, -0.1) is 0 Å². The van der Waals surface area contributed by atoms with E-state index in [1.165, 1.54) is 18.4 Å². The zero-order valence-corrected chi connectivity index (χ0v) is 13.0. The predicted octanol–water partition coefficient (Wildman–Crippen LogP) is 3.68. The van der Waals surface area contributed by atoms with Gasteiger partial charge in [-0.2, -0.15) is 0 Å². The molecule has 1 aromatic carbocycles. The normalized spacial score (nSPS) is 17.9. The molecule has 1 aliphatic rings. The fourth-order valence-corrected chi connectivity index (χ4v) is 2.78. The van der Waals surface area contributed by atoms with Gasteiger partial charge in [-0.3, -0.25) is 0 Å². The summed E-state index contributed by atoms with van der Waals surface area (Å²) in [6.45, 7) is 2.73. The lowest BCUT2D eigenvalue weighted by molar-refractivity contribution is 0.191. The molecule has 1 N–H and O–H groups in total. The van der Waals surface area contributed by atoms with Crippen molar-refractivity contribution in [1.29, 1.82) is 0 Å². The summed E-state index contributed by atoms with van der Waals surface area (Å²) in [4.78, 5) is 0. The summed E-state index contributed by atoms with van der Waals surface area (Å²) in [5.41, 5.74) is 1.28. The maximum atomic E-state index is 5.69. The molecule has 0 saturated heterocycles. The molecule has 0 fully saturated rings. The number of halogens is 1. The first-order valence-corrected chi connectivity index (χ1v) is 7.75. The molecule has 106 valence electrons. The lowest BCUT2D eigenvalue weighted by Gasteiger charge is -2.27. The van der Waals surface area contributed by atoms with Crippen molar-refractivity contribution >= 4 is 15.9 Å². The van der Waals surface area contributed by atoms with E-state index in [0.717, 1.165) is 42.8 Å². The van der Waals surface area contributed by atoms with Crippen molar-refractivity contribution in [2.75, 3.05) is 26.9 Å². The van der Waals surface area contributed by atoms with E-state index in [9.17, 15) is 0 Å². The molecule has 4 heteroatoms. The highest BCUT2D eigenvalue weighted by atomic mass is 79.9. The van der Waals surface area contributed by atoms with Crippen LogP contribution in [0, 0.1) is 0 Å². The van der Waals surface area contributed by atoms with Crippen LogP contribution in [0.4, 0.5) is 0 Å². The first kappa shape index (κ1) is 14.8. The Labute approximate surface area is 123 Å². The molecule has 0 spiro atoms. The summed E-state index contributed by atoms with van der Waals surface area (Å²) >= 11 is 3.53. The number of benzene rings is 1. The van der Waals surface area contributed by atoms with Gasteiger partial charge in [0.15, 0.2) is 0 Å². The third-order valence-corrected chi connectivity index (χ3v) is 3.92. The molecular formula is C15H22BrNO2. The van der Waals surface area contributed by atoms with Gasteiger partial charge in [-0.05, 0) is 44.0 Å². The van der Waals surface area contributed by atoms with E-state index in [2.05, 4.69) is 27.3 Å². The Hall–Kier alpha value is -0.580. The van der Waals surface area contributed by atoms with Crippen molar-refractivity contribution in [2.45, 2.75) is 31.7 Å². The fraction of sp³-hybridized carbons (Fsp3) is 0.600. The second kappa shape index (κ2) is 7.88. The van der Waals surface area contributed by atoms with Gasteiger partial charge in [0.25, 0.3) is 0 Å². The van der Waals surface area contributed by atoms with Gasteiger partial charge in [-0.1, -0.05) is 15.9 Å². The molecule has 0 bridgehead atoms. The maximum Gasteiger partial charge on any atom is 0.124 e. The van der Waals surface area contributed by atoms with Crippen molar-refractivity contribution in [1.82, 2.24) is 5.32 Å². The molecule has 1 aromatic rings. The average molecular weight is 328 g/mol. The Kier molecular flexibility index (Phi) is 6.14. The molecule has 19 heavy (non-hydrogen) atoms. The van der Waals surface area contributed by atoms with Crippen molar-refractivity contribution in [3.05, 3.63) is 28.2 Å². The summed E-state index contributed by atoms with van der Waals surface area (Å²) in [5, 5.41) is 3.64. The summed E-state index contributed by atoms with van der Waals surface area (Å²) < 4.78 is 11.9. The Morgan fingerprint density at radius 3 is 3.11 bits per heavy atom. The monoisotopic (exact) mass is 327 g/mol. The zero-order chi connectivity index (χ0) is 13.5. The molecule has 1 heterocycles. The number of hydrogen-bond acceptors (Lipinski definition) is 3. The lowest BCUT2D eigenvalue weighted by Crippen LogP contribution is -2.27. The van der Waals surface area contributed by atoms with Crippen molar-refractivity contribution in [2.24, 2.45) is 0 Å². The highest BCUT2D eigenvalue weighted by Crippen LogP contribution is 2.33. The van der Waals surface area contributed by atoms with Crippen LogP contribution in [0.15, 0.2) is 22.7 Å². The topological polar surface area (TPSA) is 30.5 Å². The molecule has 0 radical (unpaired) electrons. The van der Waals surface area contributed by atoms with Gasteiger partial charge in [0.05, 0.1) is 6.61 Å². The number of fused-ring (bicyclic) bond motifs is 1. The van der Waals surface area contributed by atoms with Gasteiger partial charge < -0.3 is 14.8 Å². The number of hydrogen-bond donors (Lipinski definition) is 1. The standard InChI is InChI=1S/C15H22BrNO2/c1-18-9-4-2-3-8-17-14-7-10-19-15-6-5-12(16)11-13(14)15/h5-6,11,14,17H,2-4,7-10H2,1H3. The van der Waals surface area contributed by atoms with Gasteiger partial charge in [0.1, 0.15) is 5.75 Å². The smallest absolute Gasteiger partial charge is 0.124 e. The number of rotatable bonds is 7. The Balaban J connectivity index is 1.80. The van der Waals surface area contributed by atoms with E-state index in [4.69, 9.17) is 9.47 Å². The second-order valence-corrected chi connectivity index (χ2v) is 5.80. The van der Waals surface area contributed by atoms with E-state index in [-0.39, 0.29) is 0 Å². The van der Waals surface area contributed by atoms with E-state index in [0.29, 0.717) is 6.04 Å². The Bertz CT molecular complexity index is 398. The van der Waals surface area contributed by atoms with Gasteiger partial charge in [0.2, 0.25) is 0 Å². The van der Waals surface area contributed by atoms with Gasteiger partial charge >= 0.3 is 0 Å². The summed E-state index contributed by atoms with van der Waals surface area (Å²) in [6, 6.07) is 6.66. The third kappa shape index (κ3) is 4.48. The van der Waals surface area contributed by atoms with E-state index in [1.807, 2.05) is 12.1 Å². The minimum atomic E-state index is 0.420. The first-order chi connectivity index (χ1) is 9.31. The van der Waals surface area contributed by atoms with Crippen LogP contribution in [0.5, 0.6) is 5.75 Å². The summed E-state index contributed by atoms with van der Waals surface area (Å²) in [7, 11) is 1.76. The lowest BCUT2D eigenvalue weighted by atomic mass is 10.0. The van der Waals surface area contributed by atoms with Crippen molar-refractivity contribution in [3.8, 4) is 5.75 Å². The van der Waals surface area contributed by atoms with Crippen LogP contribution in [-0.4, -0.2) is 26.9 Å².